The van der Waals surface area contributed by atoms with Gasteiger partial charge < -0.3 is 26.8 Å². The Morgan fingerprint density at radius 2 is 2.17 bits per heavy atom. The van der Waals surface area contributed by atoms with Gasteiger partial charge in [0.1, 0.15) is 0 Å². The van der Waals surface area contributed by atoms with E-state index in [1.54, 1.807) is 0 Å². The Bertz CT molecular complexity index is 609. The van der Waals surface area contributed by atoms with E-state index in [1.807, 2.05) is 25.2 Å². The van der Waals surface area contributed by atoms with E-state index in [1.165, 1.54) is 0 Å². The lowest BCUT2D eigenvalue weighted by molar-refractivity contribution is -0.116. The van der Waals surface area contributed by atoms with Crippen LogP contribution in [-0.2, 0) is 15.1 Å². The fourth-order valence-electron chi connectivity index (χ4n) is 2.52. The van der Waals surface area contributed by atoms with E-state index in [0.717, 1.165) is 16.8 Å². The van der Waals surface area contributed by atoms with E-state index in [0.29, 0.717) is 32.6 Å². The Morgan fingerprint density at radius 3 is 2.74 bits per heavy atom. The molecule has 6 nitrogen and oxygen atoms in total. The molecule has 0 spiro atoms. The maximum atomic E-state index is 11.8. The van der Waals surface area contributed by atoms with Crippen LogP contribution in [0.2, 0.25) is 0 Å². The average molecular weight is 316 g/mol. The molecule has 6 heteroatoms. The number of likely N-dealkylation sites (N-methyl/N-ethyl adjacent to an activating group) is 1. The molecule has 1 aliphatic rings. The van der Waals surface area contributed by atoms with Crippen LogP contribution < -0.4 is 22.1 Å². The fourth-order valence-corrected chi connectivity index (χ4v) is 2.52. The van der Waals surface area contributed by atoms with Gasteiger partial charge in [0.25, 0.3) is 0 Å². The number of nitrogens with one attached hydrogen (secondary N) is 2. The van der Waals surface area contributed by atoms with Gasteiger partial charge in [-0.05, 0) is 37.7 Å². The minimum absolute atomic E-state index is 0.0451. The minimum atomic E-state index is -0.222. The van der Waals surface area contributed by atoms with Crippen molar-refractivity contribution in [2.75, 3.05) is 38.7 Å². The van der Waals surface area contributed by atoms with Crippen molar-refractivity contribution in [1.29, 1.82) is 0 Å². The van der Waals surface area contributed by atoms with E-state index < -0.39 is 0 Å². The molecular formula is C17H24N4O2. The molecule has 1 aromatic carbocycles. The van der Waals surface area contributed by atoms with Gasteiger partial charge in [-0.15, -0.1) is 0 Å². The SMILES string of the molecule is CNC1(c2ccc(NC(=O)CCCN)cc2C#CCN)COC1. The number of amides is 1. The molecule has 1 aromatic rings. The zero-order valence-electron chi connectivity index (χ0n) is 13.4. The summed E-state index contributed by atoms with van der Waals surface area (Å²) in [6.45, 7) is 1.99. The monoisotopic (exact) mass is 316 g/mol. The summed E-state index contributed by atoms with van der Waals surface area (Å²) in [6, 6.07) is 5.76. The highest BCUT2D eigenvalue weighted by molar-refractivity contribution is 5.91. The molecule has 1 amide bonds. The van der Waals surface area contributed by atoms with E-state index in [4.69, 9.17) is 16.2 Å². The number of rotatable bonds is 6. The number of hydrogen-bond acceptors (Lipinski definition) is 5. The molecule has 0 aromatic heterocycles. The maximum absolute atomic E-state index is 11.8. The third kappa shape index (κ3) is 4.09. The molecule has 1 heterocycles. The molecule has 0 aliphatic carbocycles. The van der Waals surface area contributed by atoms with Crippen LogP contribution in [0.3, 0.4) is 0 Å². The summed E-state index contributed by atoms with van der Waals surface area (Å²) in [6.07, 6.45) is 1.08. The van der Waals surface area contributed by atoms with Crippen molar-refractivity contribution in [3.63, 3.8) is 0 Å². The smallest absolute Gasteiger partial charge is 0.224 e. The van der Waals surface area contributed by atoms with Crippen LogP contribution in [-0.4, -0.2) is 39.3 Å². The van der Waals surface area contributed by atoms with Crippen LogP contribution in [0, 0.1) is 11.8 Å². The molecule has 6 N–H and O–H groups in total. The summed E-state index contributed by atoms with van der Waals surface area (Å²) in [5.41, 5.74) is 13.3. The average Bonchev–Trinajstić information content (AvgIpc) is 2.52. The van der Waals surface area contributed by atoms with Gasteiger partial charge in [0.15, 0.2) is 0 Å². The number of ether oxygens (including phenoxy) is 1. The van der Waals surface area contributed by atoms with Crippen LogP contribution in [0.4, 0.5) is 5.69 Å². The number of carbonyl (C=O) groups excluding carboxylic acids is 1. The summed E-state index contributed by atoms with van der Waals surface area (Å²) < 4.78 is 5.37. The van der Waals surface area contributed by atoms with Crippen LogP contribution in [0.15, 0.2) is 18.2 Å². The van der Waals surface area contributed by atoms with Gasteiger partial charge >= 0.3 is 0 Å². The summed E-state index contributed by atoms with van der Waals surface area (Å²) in [7, 11) is 1.91. The Morgan fingerprint density at radius 1 is 1.39 bits per heavy atom. The normalized spacial score (nSPS) is 15.3. The molecular weight excluding hydrogens is 292 g/mol. The highest BCUT2D eigenvalue weighted by Gasteiger charge is 2.40. The maximum Gasteiger partial charge on any atom is 0.224 e. The van der Waals surface area contributed by atoms with Crippen LogP contribution in [0.5, 0.6) is 0 Å². The molecule has 2 rings (SSSR count). The number of benzene rings is 1. The number of anilines is 1. The van der Waals surface area contributed by atoms with Crippen molar-refractivity contribution in [3.8, 4) is 11.8 Å². The van der Waals surface area contributed by atoms with Crippen LogP contribution in [0.1, 0.15) is 24.0 Å². The molecule has 0 unspecified atom stereocenters. The Balaban J connectivity index is 2.26. The first-order chi connectivity index (χ1) is 11.1. The van der Waals surface area contributed by atoms with Gasteiger partial charge in [0.05, 0.1) is 25.3 Å². The van der Waals surface area contributed by atoms with Gasteiger partial charge in [0, 0.05) is 17.7 Å². The lowest BCUT2D eigenvalue weighted by Crippen LogP contribution is -2.56. The van der Waals surface area contributed by atoms with Crippen molar-refractivity contribution in [2.45, 2.75) is 18.4 Å². The van der Waals surface area contributed by atoms with E-state index >= 15 is 0 Å². The van der Waals surface area contributed by atoms with Crippen LogP contribution in [0.25, 0.3) is 0 Å². The summed E-state index contributed by atoms with van der Waals surface area (Å²) >= 11 is 0. The predicted molar refractivity (Wildman–Crippen MR) is 90.8 cm³/mol. The van der Waals surface area contributed by atoms with Gasteiger partial charge in [-0.2, -0.15) is 0 Å². The molecule has 0 bridgehead atoms. The first-order valence-electron chi connectivity index (χ1n) is 7.75. The summed E-state index contributed by atoms with van der Waals surface area (Å²) in [5, 5.41) is 6.19. The lowest BCUT2D eigenvalue weighted by Gasteiger charge is -2.42. The third-order valence-corrected chi connectivity index (χ3v) is 3.93. The quantitative estimate of drug-likeness (QED) is 0.558. The molecule has 0 saturated carbocycles. The van der Waals surface area contributed by atoms with Crippen molar-refractivity contribution in [3.05, 3.63) is 29.3 Å². The third-order valence-electron chi connectivity index (χ3n) is 3.93. The van der Waals surface area contributed by atoms with Gasteiger partial charge in [-0.25, -0.2) is 0 Å². The van der Waals surface area contributed by atoms with Gasteiger partial charge in [0.2, 0.25) is 5.91 Å². The second-order valence-corrected chi connectivity index (χ2v) is 5.53. The number of carbonyl (C=O) groups is 1. The molecule has 0 radical (unpaired) electrons. The molecule has 1 fully saturated rings. The second kappa shape index (κ2) is 8.09. The van der Waals surface area contributed by atoms with Crippen molar-refractivity contribution >= 4 is 11.6 Å². The zero-order valence-corrected chi connectivity index (χ0v) is 13.4. The predicted octanol–water partition coefficient (Wildman–Crippen LogP) is 0.119. The molecule has 0 atom stereocenters. The molecule has 124 valence electrons. The lowest BCUT2D eigenvalue weighted by atomic mass is 9.84. The van der Waals surface area contributed by atoms with E-state index in [9.17, 15) is 4.79 Å². The Hall–Kier alpha value is -1.91. The first-order valence-corrected chi connectivity index (χ1v) is 7.75. The van der Waals surface area contributed by atoms with Crippen molar-refractivity contribution in [2.24, 2.45) is 11.5 Å². The molecule has 23 heavy (non-hydrogen) atoms. The highest BCUT2D eigenvalue weighted by Crippen LogP contribution is 2.32. The van der Waals surface area contributed by atoms with E-state index in [-0.39, 0.29) is 18.0 Å². The standard InChI is InChI=1S/C17H24N4O2/c1-20-17(11-23-12-17)15-7-6-14(10-13(15)4-2-8-18)21-16(22)5-3-9-19/h6-7,10,20H,3,5,8-9,11-12,18-19H2,1H3,(H,21,22). The van der Waals surface area contributed by atoms with Crippen molar-refractivity contribution < 1.29 is 9.53 Å². The molecule has 1 aliphatic heterocycles. The number of hydrogen-bond donors (Lipinski definition) is 4. The Labute approximate surface area is 136 Å². The number of nitrogens with two attached hydrogens (primary N) is 2. The van der Waals surface area contributed by atoms with Crippen LogP contribution >= 0.6 is 0 Å². The first kappa shape index (κ1) is 17.4. The highest BCUT2D eigenvalue weighted by atomic mass is 16.5. The van der Waals surface area contributed by atoms with Gasteiger partial charge in [-0.1, -0.05) is 17.9 Å². The largest absolute Gasteiger partial charge is 0.377 e. The van der Waals surface area contributed by atoms with Gasteiger partial charge in [-0.3, -0.25) is 4.79 Å². The summed E-state index contributed by atoms with van der Waals surface area (Å²) in [5.74, 6) is 5.94. The zero-order chi connectivity index (χ0) is 16.7. The molecule has 1 saturated heterocycles. The topological polar surface area (TPSA) is 102 Å². The van der Waals surface area contributed by atoms with Crippen molar-refractivity contribution in [1.82, 2.24) is 5.32 Å². The fraction of sp³-hybridized carbons (Fsp3) is 0.471. The Kier molecular flexibility index (Phi) is 6.13. The summed E-state index contributed by atoms with van der Waals surface area (Å²) in [4.78, 5) is 11.8. The van der Waals surface area contributed by atoms with E-state index in [2.05, 4.69) is 22.5 Å². The second-order valence-electron chi connectivity index (χ2n) is 5.53. The minimum Gasteiger partial charge on any atom is -0.377 e.